The minimum atomic E-state index is -1.22. The third kappa shape index (κ3) is 9.02. The van der Waals surface area contributed by atoms with Crippen LogP contribution in [0.3, 0.4) is 0 Å². The van der Waals surface area contributed by atoms with E-state index in [9.17, 15) is 19.2 Å². The van der Waals surface area contributed by atoms with Gasteiger partial charge in [-0.15, -0.1) is 0 Å². The van der Waals surface area contributed by atoms with E-state index >= 15 is 0 Å². The first-order chi connectivity index (χ1) is 11.0. The maximum Gasteiger partial charge on any atom is 0.371 e. The molecule has 0 spiro atoms. The lowest BCUT2D eigenvalue weighted by Crippen LogP contribution is -2.50. The first kappa shape index (κ1) is 22.6. The molecule has 10 heteroatoms. The van der Waals surface area contributed by atoms with Crippen LogP contribution >= 0.6 is 24.4 Å². The lowest BCUT2D eigenvalue weighted by atomic mass is 10.2. The normalized spacial score (nSPS) is 12.3. The zero-order valence-corrected chi connectivity index (χ0v) is 16.0. The number of nitrogens with one attached hydrogen (secondary N) is 1. The average molecular weight is 381 g/mol. The number of rotatable bonds is 8. The van der Waals surface area contributed by atoms with Crippen molar-refractivity contribution in [3.05, 3.63) is 0 Å². The van der Waals surface area contributed by atoms with Crippen molar-refractivity contribution in [1.29, 1.82) is 0 Å². The molecule has 0 bridgehead atoms. The van der Waals surface area contributed by atoms with E-state index in [2.05, 4.69) is 27.4 Å². The molecule has 0 aliphatic carbocycles. The van der Waals surface area contributed by atoms with Crippen molar-refractivity contribution >= 4 is 47.5 Å². The maximum absolute atomic E-state index is 12.3. The molecule has 1 N–H and O–H groups in total. The van der Waals surface area contributed by atoms with Crippen molar-refractivity contribution in [2.45, 2.75) is 51.5 Å². The van der Waals surface area contributed by atoms with Gasteiger partial charge in [0.1, 0.15) is 6.04 Å². The third-order valence-electron chi connectivity index (χ3n) is 2.45. The smallest absolute Gasteiger partial charge is 0.371 e. The summed E-state index contributed by atoms with van der Waals surface area (Å²) < 4.78 is 12.9. The van der Waals surface area contributed by atoms with Crippen LogP contribution in [0, 0.1) is 0 Å². The molecule has 0 heterocycles. The third-order valence-corrected chi connectivity index (χ3v) is 3.79. The Hall–Kier alpha value is -1.42. The fourth-order valence-corrected chi connectivity index (χ4v) is 2.19. The van der Waals surface area contributed by atoms with E-state index in [4.69, 9.17) is 4.74 Å². The Kier molecular flexibility index (Phi) is 9.83. The number of carbonyl (C=O) groups is 4. The summed E-state index contributed by atoms with van der Waals surface area (Å²) in [5.74, 6) is -1.71. The average Bonchev–Trinajstić information content (AvgIpc) is 2.42. The fourth-order valence-electron chi connectivity index (χ4n) is 1.27. The van der Waals surface area contributed by atoms with Crippen LogP contribution < -0.4 is 5.32 Å². The Morgan fingerprint density at radius 2 is 1.75 bits per heavy atom. The van der Waals surface area contributed by atoms with Gasteiger partial charge in [0.15, 0.2) is 0 Å². The first-order valence-corrected chi connectivity index (χ1v) is 8.56. The second kappa shape index (κ2) is 10.4. The van der Waals surface area contributed by atoms with E-state index in [1.807, 2.05) is 0 Å². The molecular weight excluding hydrogens is 358 g/mol. The van der Waals surface area contributed by atoms with E-state index in [-0.39, 0.29) is 11.9 Å². The zero-order chi connectivity index (χ0) is 18.9. The van der Waals surface area contributed by atoms with Gasteiger partial charge in [-0.3, -0.25) is 9.59 Å². The van der Waals surface area contributed by atoms with Gasteiger partial charge in [0.2, 0.25) is 12.7 Å². The summed E-state index contributed by atoms with van der Waals surface area (Å²) in [7, 11) is 0. The molecule has 0 radical (unpaired) electrons. The zero-order valence-electron chi connectivity index (χ0n) is 14.3. The highest BCUT2D eigenvalue weighted by molar-refractivity contribution is 8.15. The number of hydrogen-bond donors (Lipinski definition) is 2. The number of carbonyl (C=O) groups excluding carboxylic acids is 4. The molecule has 0 saturated carbocycles. The van der Waals surface area contributed by atoms with E-state index < -0.39 is 40.7 Å². The summed E-state index contributed by atoms with van der Waals surface area (Å²) in [5.41, 5.74) is 0. The van der Waals surface area contributed by atoms with Gasteiger partial charge < -0.3 is 19.5 Å². The van der Waals surface area contributed by atoms with Crippen LogP contribution in [0.25, 0.3) is 0 Å². The summed E-state index contributed by atoms with van der Waals surface area (Å²) in [6, 6.07) is -0.930. The summed E-state index contributed by atoms with van der Waals surface area (Å²) in [4.78, 5) is 46.3. The standard InChI is InChI=1S/C14H23NO7S2/c1-8(2)22-11(17)10(6-23)15-12(18)14(4,5)24-13(19)21-7-20-9(3)16/h8,10,23H,6-7H2,1-5H3,(H,15,18)/t10-/m0/s1. The maximum atomic E-state index is 12.3. The van der Waals surface area contributed by atoms with Crippen molar-refractivity contribution in [3.63, 3.8) is 0 Å². The Morgan fingerprint density at radius 3 is 2.21 bits per heavy atom. The first-order valence-electron chi connectivity index (χ1n) is 7.11. The number of thioether (sulfide) groups is 1. The number of esters is 2. The molecular formula is C14H23NO7S2. The summed E-state index contributed by atoms with van der Waals surface area (Å²) in [5, 5.41) is 1.70. The van der Waals surface area contributed by atoms with E-state index in [0.29, 0.717) is 11.8 Å². The van der Waals surface area contributed by atoms with Crippen molar-refractivity contribution in [2.75, 3.05) is 12.5 Å². The van der Waals surface area contributed by atoms with Crippen LogP contribution in [-0.4, -0.2) is 52.6 Å². The van der Waals surface area contributed by atoms with Crippen molar-refractivity contribution in [1.82, 2.24) is 5.32 Å². The van der Waals surface area contributed by atoms with Crippen LogP contribution in [-0.2, 0) is 28.6 Å². The molecule has 0 aliphatic heterocycles. The fraction of sp³-hybridized carbons (Fsp3) is 0.714. The van der Waals surface area contributed by atoms with Gasteiger partial charge in [0.05, 0.1) is 10.9 Å². The highest BCUT2D eigenvalue weighted by Gasteiger charge is 2.35. The lowest BCUT2D eigenvalue weighted by Gasteiger charge is -2.25. The largest absolute Gasteiger partial charge is 0.461 e. The van der Waals surface area contributed by atoms with Crippen LogP contribution in [0.2, 0.25) is 0 Å². The molecule has 0 fully saturated rings. The van der Waals surface area contributed by atoms with E-state index in [1.54, 1.807) is 13.8 Å². The molecule has 0 saturated heterocycles. The number of amides is 1. The molecule has 0 aromatic heterocycles. The molecule has 1 atom stereocenters. The summed E-state index contributed by atoms with van der Waals surface area (Å²) in [6.45, 7) is 7.00. The Balaban J connectivity index is 4.60. The summed E-state index contributed by atoms with van der Waals surface area (Å²) >= 11 is 4.62. The topological polar surface area (TPSA) is 108 Å². The van der Waals surface area contributed by atoms with E-state index in [0.717, 1.165) is 0 Å². The van der Waals surface area contributed by atoms with Gasteiger partial charge in [0.25, 0.3) is 0 Å². The second-order valence-corrected chi connectivity index (χ2v) is 7.38. The molecule has 0 rings (SSSR count). The van der Waals surface area contributed by atoms with Crippen molar-refractivity contribution in [2.24, 2.45) is 0 Å². The van der Waals surface area contributed by atoms with Crippen LogP contribution in [0.4, 0.5) is 4.79 Å². The van der Waals surface area contributed by atoms with Gasteiger partial charge in [-0.05, 0) is 39.5 Å². The quantitative estimate of drug-likeness (QED) is 0.370. The molecule has 0 aliphatic rings. The van der Waals surface area contributed by atoms with Crippen molar-refractivity contribution < 1.29 is 33.4 Å². The van der Waals surface area contributed by atoms with Gasteiger partial charge in [-0.2, -0.15) is 12.6 Å². The predicted octanol–water partition coefficient (Wildman–Crippen LogP) is 1.52. The van der Waals surface area contributed by atoms with Gasteiger partial charge in [0, 0.05) is 12.7 Å². The molecule has 0 aromatic rings. The van der Waals surface area contributed by atoms with Gasteiger partial charge >= 0.3 is 17.2 Å². The monoisotopic (exact) mass is 381 g/mol. The SMILES string of the molecule is CC(=O)OCOC(=O)SC(C)(C)C(=O)N[C@@H](CS)C(=O)OC(C)C. The molecule has 24 heavy (non-hydrogen) atoms. The number of ether oxygens (including phenoxy) is 3. The van der Waals surface area contributed by atoms with Crippen LogP contribution in [0.15, 0.2) is 0 Å². The highest BCUT2D eigenvalue weighted by Crippen LogP contribution is 2.26. The van der Waals surface area contributed by atoms with Crippen LogP contribution in [0.5, 0.6) is 0 Å². The summed E-state index contributed by atoms with van der Waals surface area (Å²) in [6.07, 6.45) is -0.324. The van der Waals surface area contributed by atoms with Gasteiger partial charge in [-0.25, -0.2) is 9.59 Å². The molecule has 1 amide bonds. The highest BCUT2D eigenvalue weighted by atomic mass is 32.2. The van der Waals surface area contributed by atoms with Crippen molar-refractivity contribution in [3.8, 4) is 0 Å². The molecule has 0 unspecified atom stereocenters. The molecule has 138 valence electrons. The predicted molar refractivity (Wildman–Crippen MR) is 91.8 cm³/mol. The lowest BCUT2D eigenvalue weighted by molar-refractivity contribution is -0.151. The Morgan fingerprint density at radius 1 is 1.17 bits per heavy atom. The minimum Gasteiger partial charge on any atom is -0.461 e. The Labute approximate surface area is 150 Å². The van der Waals surface area contributed by atoms with E-state index in [1.165, 1.54) is 20.8 Å². The number of hydrogen-bond acceptors (Lipinski definition) is 9. The van der Waals surface area contributed by atoms with Gasteiger partial charge in [-0.1, -0.05) is 0 Å². The minimum absolute atomic E-state index is 0.0505. The second-order valence-electron chi connectivity index (χ2n) is 5.45. The number of thiol groups is 1. The van der Waals surface area contributed by atoms with Crippen LogP contribution in [0.1, 0.15) is 34.6 Å². The Bertz CT molecular complexity index is 480. The molecule has 8 nitrogen and oxygen atoms in total. The molecule has 0 aromatic carbocycles.